The van der Waals surface area contributed by atoms with Crippen LogP contribution in [0.1, 0.15) is 16.8 Å². The van der Waals surface area contributed by atoms with Gasteiger partial charge in [-0.3, -0.25) is 14.4 Å². The molecule has 0 spiro atoms. The number of nitrogens with zero attached hydrogens (tertiary/aromatic N) is 1. The second kappa shape index (κ2) is 6.01. The second-order valence-corrected chi connectivity index (χ2v) is 5.04. The van der Waals surface area contributed by atoms with Gasteiger partial charge in [0.05, 0.1) is 17.1 Å². The largest absolute Gasteiger partial charge is 0.481 e. The Balaban J connectivity index is 2.35. The van der Waals surface area contributed by atoms with Crippen LogP contribution in [0.4, 0.5) is 5.69 Å². The molecule has 1 aliphatic heterocycles. The zero-order valence-electron chi connectivity index (χ0n) is 11.0. The summed E-state index contributed by atoms with van der Waals surface area (Å²) >= 11 is 6.13. The van der Waals surface area contributed by atoms with Gasteiger partial charge in [-0.25, -0.2) is 0 Å². The Hall–Kier alpha value is -2.28. The molecule has 1 atom stereocenters. The molecular weight excluding hydrogens is 298 g/mol. The number of primary amides is 1. The number of anilines is 1. The number of aliphatic carboxylic acids is 1. The van der Waals surface area contributed by atoms with Crippen molar-refractivity contribution in [1.29, 1.82) is 0 Å². The molecule has 112 valence electrons. The summed E-state index contributed by atoms with van der Waals surface area (Å²) in [5.41, 5.74) is 5.93. The van der Waals surface area contributed by atoms with Crippen molar-refractivity contribution in [3.05, 3.63) is 28.8 Å². The van der Waals surface area contributed by atoms with Crippen molar-refractivity contribution in [2.75, 3.05) is 18.0 Å². The van der Waals surface area contributed by atoms with Crippen molar-refractivity contribution in [1.82, 2.24) is 5.32 Å². The Kier molecular flexibility index (Phi) is 4.32. The zero-order valence-corrected chi connectivity index (χ0v) is 11.8. The molecule has 0 aliphatic carbocycles. The van der Waals surface area contributed by atoms with E-state index in [0.717, 1.165) is 0 Å². The predicted molar refractivity (Wildman–Crippen MR) is 76.4 cm³/mol. The minimum absolute atomic E-state index is 0.247. The number of nitrogens with two attached hydrogens (primary N) is 1. The third kappa shape index (κ3) is 3.25. The topological polar surface area (TPSA) is 113 Å². The number of carboxylic acid groups (broad SMARTS) is 1. The molecule has 1 aromatic rings. The molecule has 2 rings (SSSR count). The van der Waals surface area contributed by atoms with Crippen molar-refractivity contribution in [3.8, 4) is 0 Å². The van der Waals surface area contributed by atoms with Gasteiger partial charge < -0.3 is 21.1 Å². The lowest BCUT2D eigenvalue weighted by atomic mass is 10.1. The highest BCUT2D eigenvalue weighted by molar-refractivity contribution is 6.33. The molecule has 1 aliphatic rings. The molecule has 1 unspecified atom stereocenters. The van der Waals surface area contributed by atoms with Gasteiger partial charge in [0.1, 0.15) is 6.04 Å². The van der Waals surface area contributed by atoms with Crippen LogP contribution in [0.25, 0.3) is 0 Å². The number of nitrogens with one attached hydrogen (secondary N) is 1. The van der Waals surface area contributed by atoms with Gasteiger partial charge in [-0.15, -0.1) is 0 Å². The Morgan fingerprint density at radius 2 is 2.19 bits per heavy atom. The van der Waals surface area contributed by atoms with Crippen molar-refractivity contribution < 1.29 is 19.5 Å². The van der Waals surface area contributed by atoms with Crippen LogP contribution < -0.4 is 16.0 Å². The maximum atomic E-state index is 11.9. The zero-order chi connectivity index (χ0) is 15.6. The lowest BCUT2D eigenvalue weighted by molar-refractivity contribution is -0.139. The first-order valence-electron chi connectivity index (χ1n) is 6.25. The predicted octanol–water partition coefficient (Wildman–Crippen LogP) is 0.218. The number of hydrogen-bond acceptors (Lipinski definition) is 4. The SMILES string of the molecule is NC(=O)c1ccc(N2CCNC(=O)C2CC(=O)O)c(Cl)c1. The minimum Gasteiger partial charge on any atom is -0.481 e. The highest BCUT2D eigenvalue weighted by Gasteiger charge is 2.32. The molecule has 2 amide bonds. The quantitative estimate of drug-likeness (QED) is 0.736. The molecule has 0 bridgehead atoms. The van der Waals surface area contributed by atoms with Crippen molar-refractivity contribution >= 4 is 35.1 Å². The molecule has 0 saturated carbocycles. The van der Waals surface area contributed by atoms with Crippen LogP contribution >= 0.6 is 11.6 Å². The lowest BCUT2D eigenvalue weighted by Gasteiger charge is -2.36. The average molecular weight is 312 g/mol. The van der Waals surface area contributed by atoms with E-state index in [-0.39, 0.29) is 22.9 Å². The summed E-state index contributed by atoms with van der Waals surface area (Å²) in [7, 11) is 0. The fraction of sp³-hybridized carbons (Fsp3) is 0.308. The van der Waals surface area contributed by atoms with Crippen molar-refractivity contribution in [3.63, 3.8) is 0 Å². The summed E-state index contributed by atoms with van der Waals surface area (Å²) in [4.78, 5) is 35.5. The van der Waals surface area contributed by atoms with E-state index in [1.165, 1.54) is 12.1 Å². The first kappa shape index (κ1) is 15.1. The maximum absolute atomic E-state index is 11.9. The highest BCUT2D eigenvalue weighted by atomic mass is 35.5. The summed E-state index contributed by atoms with van der Waals surface area (Å²) in [5.74, 6) is -2.05. The summed E-state index contributed by atoms with van der Waals surface area (Å²) in [6, 6.07) is 3.63. The number of halogens is 1. The molecule has 1 saturated heterocycles. The molecule has 0 radical (unpaired) electrons. The molecule has 8 heteroatoms. The minimum atomic E-state index is -1.08. The van der Waals surface area contributed by atoms with Crippen LogP contribution in [0.15, 0.2) is 18.2 Å². The molecule has 7 nitrogen and oxygen atoms in total. The summed E-state index contributed by atoms with van der Waals surface area (Å²) in [6.45, 7) is 0.822. The molecule has 1 fully saturated rings. The fourth-order valence-corrected chi connectivity index (χ4v) is 2.55. The Bertz CT molecular complexity index is 605. The van der Waals surface area contributed by atoms with Gasteiger partial charge in [-0.1, -0.05) is 11.6 Å². The molecule has 4 N–H and O–H groups in total. The number of carboxylic acids is 1. The number of rotatable bonds is 4. The Labute approximate surface area is 125 Å². The van der Waals surface area contributed by atoms with Crippen LogP contribution in [-0.2, 0) is 9.59 Å². The van der Waals surface area contributed by atoms with Gasteiger partial charge in [-0.05, 0) is 18.2 Å². The van der Waals surface area contributed by atoms with E-state index in [4.69, 9.17) is 22.4 Å². The maximum Gasteiger partial charge on any atom is 0.305 e. The van der Waals surface area contributed by atoms with Gasteiger partial charge >= 0.3 is 5.97 Å². The van der Waals surface area contributed by atoms with Crippen LogP contribution in [0, 0.1) is 0 Å². The third-order valence-electron chi connectivity index (χ3n) is 3.24. The first-order valence-corrected chi connectivity index (χ1v) is 6.63. The van der Waals surface area contributed by atoms with E-state index in [1.807, 2.05) is 0 Å². The first-order chi connectivity index (χ1) is 9.90. The van der Waals surface area contributed by atoms with E-state index < -0.39 is 17.9 Å². The summed E-state index contributed by atoms with van der Waals surface area (Å²) in [6.07, 6.45) is -0.334. The van der Waals surface area contributed by atoms with E-state index >= 15 is 0 Å². The number of carbonyl (C=O) groups excluding carboxylic acids is 2. The number of carbonyl (C=O) groups is 3. The molecule has 1 aromatic carbocycles. The average Bonchev–Trinajstić information content (AvgIpc) is 2.41. The van der Waals surface area contributed by atoms with E-state index in [1.54, 1.807) is 11.0 Å². The van der Waals surface area contributed by atoms with Gasteiger partial charge in [0, 0.05) is 18.7 Å². The highest BCUT2D eigenvalue weighted by Crippen LogP contribution is 2.30. The van der Waals surface area contributed by atoms with Gasteiger partial charge in [0.15, 0.2) is 0 Å². The third-order valence-corrected chi connectivity index (χ3v) is 3.54. The second-order valence-electron chi connectivity index (χ2n) is 4.63. The fourth-order valence-electron chi connectivity index (χ4n) is 2.26. The number of amides is 2. The van der Waals surface area contributed by atoms with E-state index in [2.05, 4.69) is 5.32 Å². The Morgan fingerprint density at radius 1 is 1.48 bits per heavy atom. The number of benzene rings is 1. The van der Waals surface area contributed by atoms with Crippen LogP contribution in [-0.4, -0.2) is 42.0 Å². The normalized spacial score (nSPS) is 18.2. The van der Waals surface area contributed by atoms with E-state index in [9.17, 15) is 14.4 Å². The molecule has 21 heavy (non-hydrogen) atoms. The summed E-state index contributed by atoms with van der Waals surface area (Å²) < 4.78 is 0. The van der Waals surface area contributed by atoms with Crippen molar-refractivity contribution in [2.45, 2.75) is 12.5 Å². The smallest absolute Gasteiger partial charge is 0.305 e. The number of hydrogen-bond donors (Lipinski definition) is 3. The molecule has 0 aromatic heterocycles. The van der Waals surface area contributed by atoms with Gasteiger partial charge in [0.25, 0.3) is 0 Å². The lowest BCUT2D eigenvalue weighted by Crippen LogP contribution is -2.56. The van der Waals surface area contributed by atoms with E-state index in [0.29, 0.717) is 18.8 Å². The number of piperazine rings is 1. The Morgan fingerprint density at radius 3 is 2.76 bits per heavy atom. The van der Waals surface area contributed by atoms with Crippen LogP contribution in [0.2, 0.25) is 5.02 Å². The van der Waals surface area contributed by atoms with Crippen LogP contribution in [0.5, 0.6) is 0 Å². The monoisotopic (exact) mass is 311 g/mol. The van der Waals surface area contributed by atoms with Crippen molar-refractivity contribution in [2.24, 2.45) is 5.73 Å². The molecular formula is C13H14ClN3O4. The van der Waals surface area contributed by atoms with Crippen LogP contribution in [0.3, 0.4) is 0 Å². The summed E-state index contributed by atoms with van der Waals surface area (Å²) in [5, 5.41) is 11.8. The van der Waals surface area contributed by atoms with Gasteiger partial charge in [0.2, 0.25) is 11.8 Å². The standard InChI is InChI=1S/C13H14ClN3O4/c14-8-5-7(12(15)20)1-2-9(8)17-4-3-16-13(21)10(17)6-11(18)19/h1-2,5,10H,3-4,6H2,(H2,15,20)(H,16,21)(H,18,19). The van der Waals surface area contributed by atoms with Gasteiger partial charge in [-0.2, -0.15) is 0 Å². The molecule has 1 heterocycles.